The summed E-state index contributed by atoms with van der Waals surface area (Å²) in [6.45, 7) is 5.42. The molecule has 34 heavy (non-hydrogen) atoms. The number of rotatable bonds is 3. The highest BCUT2D eigenvalue weighted by Crippen LogP contribution is 2.67. The molecule has 3 aliphatic carbocycles. The molecule has 0 bridgehead atoms. The van der Waals surface area contributed by atoms with Crippen LogP contribution in [0.2, 0.25) is 0 Å². The SMILES string of the molecule is C[C@]12CC[C@H]3[C@@H](CCC4n5ccnc5C=C[C@@]43C)[C@@H]1CC[C@@H]2C(=O)NCc1ccc(C#N)cc1. The van der Waals surface area contributed by atoms with Crippen molar-refractivity contribution in [2.45, 2.75) is 65.0 Å². The van der Waals surface area contributed by atoms with Gasteiger partial charge in [-0.2, -0.15) is 5.26 Å². The first kappa shape index (κ1) is 21.6. The maximum atomic E-state index is 13.4. The van der Waals surface area contributed by atoms with E-state index in [2.05, 4.69) is 53.1 Å². The Morgan fingerprint density at radius 1 is 1.15 bits per heavy atom. The van der Waals surface area contributed by atoms with E-state index >= 15 is 0 Å². The van der Waals surface area contributed by atoms with Gasteiger partial charge in [0.15, 0.2) is 0 Å². The molecule has 3 fully saturated rings. The number of allylic oxidation sites excluding steroid dienone is 1. The van der Waals surface area contributed by atoms with E-state index in [0.29, 0.717) is 35.9 Å². The third kappa shape index (κ3) is 3.11. The number of carbonyl (C=O) groups is 1. The first-order chi connectivity index (χ1) is 16.4. The largest absolute Gasteiger partial charge is 0.352 e. The van der Waals surface area contributed by atoms with Crippen LogP contribution in [-0.4, -0.2) is 15.5 Å². The van der Waals surface area contributed by atoms with Crippen molar-refractivity contribution in [3.05, 3.63) is 59.7 Å². The molecule has 3 saturated carbocycles. The minimum Gasteiger partial charge on any atom is -0.352 e. The molecule has 1 unspecified atom stereocenters. The lowest BCUT2D eigenvalue weighted by Crippen LogP contribution is -2.53. The number of hydrogen-bond donors (Lipinski definition) is 1. The van der Waals surface area contributed by atoms with Crippen LogP contribution in [-0.2, 0) is 11.3 Å². The van der Waals surface area contributed by atoms with Crippen molar-refractivity contribution in [2.24, 2.45) is 34.5 Å². The molecule has 0 radical (unpaired) electrons. The van der Waals surface area contributed by atoms with Gasteiger partial charge in [0.2, 0.25) is 5.91 Å². The molecule has 2 heterocycles. The zero-order valence-corrected chi connectivity index (χ0v) is 20.2. The van der Waals surface area contributed by atoms with E-state index in [1.165, 1.54) is 25.7 Å². The topological polar surface area (TPSA) is 70.7 Å². The van der Waals surface area contributed by atoms with Gasteiger partial charge in [-0.1, -0.05) is 32.1 Å². The smallest absolute Gasteiger partial charge is 0.223 e. The Kier molecular flexibility index (Phi) is 4.99. The van der Waals surface area contributed by atoms with E-state index in [0.717, 1.165) is 24.2 Å². The maximum absolute atomic E-state index is 13.4. The van der Waals surface area contributed by atoms with E-state index in [-0.39, 0.29) is 22.7 Å². The second-order valence-corrected chi connectivity index (χ2v) is 11.6. The molecular formula is C29H34N4O. The van der Waals surface area contributed by atoms with Gasteiger partial charge in [0.05, 0.1) is 11.6 Å². The Hall–Kier alpha value is -2.87. The van der Waals surface area contributed by atoms with Crippen LogP contribution in [0.3, 0.4) is 0 Å². The number of benzene rings is 1. The normalized spacial score (nSPS) is 37.6. The van der Waals surface area contributed by atoms with E-state index in [4.69, 9.17) is 5.26 Å². The molecule has 1 aromatic heterocycles. The van der Waals surface area contributed by atoms with Gasteiger partial charge in [0, 0.05) is 36.3 Å². The Labute approximate surface area is 202 Å². The fraction of sp³-hybridized carbons (Fsp3) is 0.552. The molecule has 0 spiro atoms. The Balaban J connectivity index is 1.18. The quantitative estimate of drug-likeness (QED) is 0.666. The monoisotopic (exact) mass is 454 g/mol. The van der Waals surface area contributed by atoms with Gasteiger partial charge < -0.3 is 9.88 Å². The molecule has 5 nitrogen and oxygen atoms in total. The predicted molar refractivity (Wildman–Crippen MR) is 131 cm³/mol. The van der Waals surface area contributed by atoms with Crippen molar-refractivity contribution in [3.63, 3.8) is 0 Å². The van der Waals surface area contributed by atoms with E-state index in [9.17, 15) is 4.79 Å². The summed E-state index contributed by atoms with van der Waals surface area (Å²) in [5.74, 6) is 3.43. The van der Waals surface area contributed by atoms with E-state index in [1.807, 2.05) is 30.5 Å². The number of carbonyl (C=O) groups excluding carboxylic acids is 1. The molecule has 1 aliphatic heterocycles. The van der Waals surface area contributed by atoms with Crippen molar-refractivity contribution >= 4 is 12.0 Å². The average Bonchev–Trinajstić information content (AvgIpc) is 3.46. The lowest BCUT2D eigenvalue weighted by molar-refractivity contribution is -0.133. The average molecular weight is 455 g/mol. The lowest BCUT2D eigenvalue weighted by atomic mass is 9.48. The molecule has 1 amide bonds. The zero-order chi connectivity index (χ0) is 23.5. The standard InChI is InChI=1S/C29H34N4O/c1-28-13-11-23-21(7-10-25-29(23,2)14-12-26-31-15-16-33(25)26)22(28)8-9-24(28)27(34)32-18-20-5-3-19(17-30)4-6-20/h3-6,12,14-16,21-25H,7-11,13,18H2,1-2H3,(H,32,34)/t21-,22-,23-,24+,25?,28-,29+/m0/s1. The van der Waals surface area contributed by atoms with Crippen molar-refractivity contribution < 1.29 is 4.79 Å². The fourth-order valence-corrected chi connectivity index (χ4v) is 8.46. The summed E-state index contributed by atoms with van der Waals surface area (Å²) in [6.07, 6.45) is 15.8. The third-order valence-electron chi connectivity index (χ3n) is 10.2. The molecule has 1 N–H and O–H groups in total. The predicted octanol–water partition coefficient (Wildman–Crippen LogP) is 5.50. The number of hydrogen-bond acceptors (Lipinski definition) is 3. The number of nitrogens with zero attached hydrogens (tertiary/aromatic N) is 3. The Bertz CT molecular complexity index is 1170. The van der Waals surface area contributed by atoms with Gasteiger partial charge in [-0.05, 0) is 85.5 Å². The van der Waals surface area contributed by atoms with Crippen LogP contribution in [0.5, 0.6) is 0 Å². The molecule has 1 aromatic carbocycles. The maximum Gasteiger partial charge on any atom is 0.223 e. The van der Waals surface area contributed by atoms with Crippen LogP contribution in [0, 0.1) is 45.8 Å². The second-order valence-electron chi connectivity index (χ2n) is 11.6. The van der Waals surface area contributed by atoms with Crippen LogP contribution in [0.1, 0.15) is 75.4 Å². The van der Waals surface area contributed by atoms with Gasteiger partial charge in [0.1, 0.15) is 5.82 Å². The number of nitrogens with one attached hydrogen (secondary N) is 1. The summed E-state index contributed by atoms with van der Waals surface area (Å²) in [4.78, 5) is 17.9. The summed E-state index contributed by atoms with van der Waals surface area (Å²) >= 11 is 0. The fourth-order valence-electron chi connectivity index (χ4n) is 8.46. The molecule has 4 aliphatic rings. The minimum absolute atomic E-state index is 0.0949. The van der Waals surface area contributed by atoms with Crippen molar-refractivity contribution in [1.82, 2.24) is 14.9 Å². The lowest BCUT2D eigenvalue weighted by Gasteiger charge is -2.59. The highest BCUT2D eigenvalue weighted by molar-refractivity contribution is 5.80. The number of aromatic nitrogens is 2. The molecule has 2 aromatic rings. The van der Waals surface area contributed by atoms with Crippen molar-refractivity contribution in [1.29, 1.82) is 5.26 Å². The summed E-state index contributed by atoms with van der Waals surface area (Å²) in [6, 6.07) is 10.2. The molecule has 7 atom stereocenters. The molecular weight excluding hydrogens is 420 g/mol. The molecule has 0 saturated heterocycles. The summed E-state index contributed by atoms with van der Waals surface area (Å²) in [5, 5.41) is 12.2. The number of fused-ring (bicyclic) bond motifs is 7. The van der Waals surface area contributed by atoms with E-state index < -0.39 is 0 Å². The van der Waals surface area contributed by atoms with Crippen LogP contribution in [0.4, 0.5) is 0 Å². The van der Waals surface area contributed by atoms with Gasteiger partial charge >= 0.3 is 0 Å². The minimum atomic E-state index is 0.0949. The zero-order valence-electron chi connectivity index (χ0n) is 20.2. The first-order valence-electron chi connectivity index (χ1n) is 12.9. The second kappa shape index (κ2) is 7.83. The van der Waals surface area contributed by atoms with Gasteiger partial charge in [0.25, 0.3) is 0 Å². The van der Waals surface area contributed by atoms with Crippen LogP contribution in [0.15, 0.2) is 42.7 Å². The van der Waals surface area contributed by atoms with Gasteiger partial charge in [-0.3, -0.25) is 4.79 Å². The third-order valence-corrected chi connectivity index (χ3v) is 10.2. The number of nitriles is 1. The Morgan fingerprint density at radius 3 is 2.76 bits per heavy atom. The summed E-state index contributed by atoms with van der Waals surface area (Å²) in [5.41, 5.74) is 1.97. The summed E-state index contributed by atoms with van der Waals surface area (Å²) in [7, 11) is 0. The van der Waals surface area contributed by atoms with Crippen molar-refractivity contribution in [3.8, 4) is 6.07 Å². The van der Waals surface area contributed by atoms with E-state index in [1.54, 1.807) is 0 Å². The molecule has 5 heteroatoms. The highest BCUT2D eigenvalue weighted by atomic mass is 16.1. The number of amides is 1. The van der Waals surface area contributed by atoms with Crippen LogP contribution >= 0.6 is 0 Å². The van der Waals surface area contributed by atoms with Crippen molar-refractivity contribution in [2.75, 3.05) is 0 Å². The van der Waals surface area contributed by atoms with Gasteiger partial charge in [-0.25, -0.2) is 4.98 Å². The summed E-state index contributed by atoms with van der Waals surface area (Å²) < 4.78 is 2.41. The molecule has 176 valence electrons. The van der Waals surface area contributed by atoms with Crippen LogP contribution < -0.4 is 5.32 Å². The highest BCUT2D eigenvalue weighted by Gasteiger charge is 2.61. The van der Waals surface area contributed by atoms with Gasteiger partial charge in [-0.15, -0.1) is 0 Å². The molecule has 6 rings (SSSR count). The van der Waals surface area contributed by atoms with Crippen LogP contribution in [0.25, 0.3) is 6.08 Å². The Morgan fingerprint density at radius 2 is 1.97 bits per heavy atom. The first-order valence-corrected chi connectivity index (χ1v) is 12.9. The number of imidazole rings is 1.